The van der Waals surface area contributed by atoms with Crippen LogP contribution in [0.5, 0.6) is 0 Å². The molecule has 0 aromatic carbocycles. The second-order valence-corrected chi connectivity index (χ2v) is 2.95. The lowest BCUT2D eigenvalue weighted by Crippen LogP contribution is -1.87. The molecule has 1 N–H and O–H groups in total. The number of aldehydes is 1. The largest absolute Gasteiger partial charge is 0.356 e. The Hall–Kier alpha value is -1.05. The highest BCUT2D eigenvalue weighted by Crippen LogP contribution is 2.17. The first-order chi connectivity index (χ1) is 5.74. The van der Waals surface area contributed by atoms with Gasteiger partial charge in [-0.25, -0.2) is 0 Å². The Kier molecular flexibility index (Phi) is 2.69. The van der Waals surface area contributed by atoms with Gasteiger partial charge in [0, 0.05) is 5.69 Å². The highest BCUT2D eigenvalue weighted by Gasteiger charge is 2.09. The average molecular weight is 165 g/mol. The van der Waals surface area contributed by atoms with E-state index in [4.69, 9.17) is 0 Å². The molecule has 1 aromatic heterocycles. The normalized spacial score (nSPS) is 10.2. The van der Waals surface area contributed by atoms with Gasteiger partial charge in [0.05, 0.1) is 5.69 Å². The Bertz CT molecular complexity index is 286. The van der Waals surface area contributed by atoms with E-state index in [2.05, 4.69) is 25.8 Å². The molecule has 0 aliphatic rings. The lowest BCUT2D eigenvalue weighted by Gasteiger charge is -1.95. The van der Waals surface area contributed by atoms with Crippen LogP contribution in [0.4, 0.5) is 0 Å². The van der Waals surface area contributed by atoms with Crippen molar-refractivity contribution in [1.82, 2.24) is 4.98 Å². The molecule has 0 saturated heterocycles. The van der Waals surface area contributed by atoms with E-state index in [1.165, 1.54) is 16.8 Å². The number of aryl methyl sites for hydroxylation is 1. The van der Waals surface area contributed by atoms with E-state index in [1.807, 2.05) is 0 Å². The minimum absolute atomic E-state index is 0.756. The fourth-order valence-corrected chi connectivity index (χ4v) is 1.63. The standard InChI is InChI=1S/C10H15NO/c1-4-8-7(3)9(5-2)11-10(8)6-12/h6,11H,4-5H2,1-3H3. The van der Waals surface area contributed by atoms with Crippen LogP contribution in [0, 0.1) is 6.92 Å². The number of hydrogen-bond donors (Lipinski definition) is 1. The summed E-state index contributed by atoms with van der Waals surface area (Å²) in [5.41, 5.74) is 4.37. The molecule has 1 rings (SSSR count). The number of aromatic nitrogens is 1. The zero-order chi connectivity index (χ0) is 9.14. The SMILES string of the molecule is CCc1[nH]c(C=O)c(CC)c1C. The monoisotopic (exact) mass is 165 g/mol. The van der Waals surface area contributed by atoms with Crippen LogP contribution in [-0.2, 0) is 12.8 Å². The van der Waals surface area contributed by atoms with Crippen LogP contribution in [0.1, 0.15) is 41.2 Å². The van der Waals surface area contributed by atoms with Gasteiger partial charge in [-0.1, -0.05) is 13.8 Å². The Labute approximate surface area is 73.0 Å². The van der Waals surface area contributed by atoms with Gasteiger partial charge in [0.15, 0.2) is 6.29 Å². The zero-order valence-electron chi connectivity index (χ0n) is 7.90. The minimum atomic E-state index is 0.756. The molecule has 2 nitrogen and oxygen atoms in total. The van der Waals surface area contributed by atoms with Gasteiger partial charge in [-0.15, -0.1) is 0 Å². The van der Waals surface area contributed by atoms with Gasteiger partial charge in [0.25, 0.3) is 0 Å². The second-order valence-electron chi connectivity index (χ2n) is 2.95. The molecule has 0 fully saturated rings. The van der Waals surface area contributed by atoms with Crippen LogP contribution >= 0.6 is 0 Å². The van der Waals surface area contributed by atoms with Crippen molar-refractivity contribution in [2.45, 2.75) is 33.6 Å². The van der Waals surface area contributed by atoms with Crippen molar-refractivity contribution >= 4 is 6.29 Å². The first kappa shape index (κ1) is 9.04. The molecule has 0 aliphatic heterocycles. The van der Waals surface area contributed by atoms with E-state index in [1.54, 1.807) is 0 Å². The smallest absolute Gasteiger partial charge is 0.166 e. The summed E-state index contributed by atoms with van der Waals surface area (Å²) in [6.45, 7) is 6.23. The van der Waals surface area contributed by atoms with Crippen LogP contribution in [0.15, 0.2) is 0 Å². The number of carbonyl (C=O) groups is 1. The van der Waals surface area contributed by atoms with Gasteiger partial charge in [0.2, 0.25) is 0 Å². The minimum Gasteiger partial charge on any atom is -0.356 e. The van der Waals surface area contributed by atoms with Crippen LogP contribution in [-0.4, -0.2) is 11.3 Å². The first-order valence-electron chi connectivity index (χ1n) is 4.40. The van der Waals surface area contributed by atoms with E-state index in [0.717, 1.165) is 24.8 Å². The quantitative estimate of drug-likeness (QED) is 0.685. The Morgan fingerprint density at radius 2 is 2.00 bits per heavy atom. The molecule has 2 heteroatoms. The molecular formula is C10H15NO. The summed E-state index contributed by atoms with van der Waals surface area (Å²) < 4.78 is 0. The van der Waals surface area contributed by atoms with Crippen LogP contribution < -0.4 is 0 Å². The summed E-state index contributed by atoms with van der Waals surface area (Å²) in [6, 6.07) is 0. The third-order valence-corrected chi connectivity index (χ3v) is 2.34. The van der Waals surface area contributed by atoms with Crippen molar-refractivity contribution in [3.8, 4) is 0 Å². The highest BCUT2D eigenvalue weighted by atomic mass is 16.1. The summed E-state index contributed by atoms with van der Waals surface area (Å²) in [5, 5.41) is 0. The van der Waals surface area contributed by atoms with Crippen molar-refractivity contribution in [2.24, 2.45) is 0 Å². The van der Waals surface area contributed by atoms with Crippen LogP contribution in [0.3, 0.4) is 0 Å². The summed E-state index contributed by atoms with van der Waals surface area (Å²) in [7, 11) is 0. The Morgan fingerprint density at radius 1 is 1.33 bits per heavy atom. The van der Waals surface area contributed by atoms with Crippen molar-refractivity contribution in [1.29, 1.82) is 0 Å². The molecule has 12 heavy (non-hydrogen) atoms. The molecule has 0 saturated carbocycles. The van der Waals surface area contributed by atoms with Crippen molar-refractivity contribution in [3.05, 3.63) is 22.5 Å². The third kappa shape index (κ3) is 1.29. The molecule has 66 valence electrons. The van der Waals surface area contributed by atoms with Crippen LogP contribution in [0.25, 0.3) is 0 Å². The summed E-state index contributed by atoms with van der Waals surface area (Å²) in [6.07, 6.45) is 2.80. The molecule has 1 heterocycles. The second kappa shape index (κ2) is 3.57. The molecule has 0 bridgehead atoms. The molecule has 0 spiro atoms. The van der Waals surface area contributed by atoms with E-state index in [9.17, 15) is 4.79 Å². The molecule has 0 unspecified atom stereocenters. The number of carbonyl (C=O) groups excluding carboxylic acids is 1. The lowest BCUT2D eigenvalue weighted by molar-refractivity contribution is 0.111. The zero-order valence-corrected chi connectivity index (χ0v) is 7.90. The number of hydrogen-bond acceptors (Lipinski definition) is 1. The number of rotatable bonds is 3. The predicted octanol–water partition coefficient (Wildman–Crippen LogP) is 2.26. The van der Waals surface area contributed by atoms with Gasteiger partial charge in [-0.05, 0) is 30.9 Å². The van der Waals surface area contributed by atoms with E-state index in [-0.39, 0.29) is 0 Å². The molecular weight excluding hydrogens is 150 g/mol. The van der Waals surface area contributed by atoms with Crippen molar-refractivity contribution in [2.75, 3.05) is 0 Å². The van der Waals surface area contributed by atoms with Crippen molar-refractivity contribution < 1.29 is 4.79 Å². The van der Waals surface area contributed by atoms with E-state index in [0.29, 0.717) is 0 Å². The highest BCUT2D eigenvalue weighted by molar-refractivity contribution is 5.76. The van der Waals surface area contributed by atoms with Gasteiger partial charge in [-0.3, -0.25) is 4.79 Å². The van der Waals surface area contributed by atoms with Crippen LogP contribution in [0.2, 0.25) is 0 Å². The maximum absolute atomic E-state index is 10.6. The maximum atomic E-state index is 10.6. The summed E-state index contributed by atoms with van der Waals surface area (Å²) in [4.78, 5) is 13.8. The van der Waals surface area contributed by atoms with Gasteiger partial charge in [0.1, 0.15) is 0 Å². The topological polar surface area (TPSA) is 32.9 Å². The third-order valence-electron chi connectivity index (χ3n) is 2.34. The average Bonchev–Trinajstić information content (AvgIpc) is 2.41. The Balaban J connectivity index is 3.22. The van der Waals surface area contributed by atoms with Gasteiger partial charge in [-0.2, -0.15) is 0 Å². The van der Waals surface area contributed by atoms with E-state index < -0.39 is 0 Å². The predicted molar refractivity (Wildman–Crippen MR) is 49.7 cm³/mol. The number of aromatic amines is 1. The summed E-state index contributed by atoms with van der Waals surface area (Å²) >= 11 is 0. The molecule has 0 radical (unpaired) electrons. The lowest BCUT2D eigenvalue weighted by atomic mass is 10.1. The molecule has 1 aromatic rings. The molecule has 0 atom stereocenters. The van der Waals surface area contributed by atoms with E-state index >= 15 is 0 Å². The van der Waals surface area contributed by atoms with Crippen molar-refractivity contribution in [3.63, 3.8) is 0 Å². The van der Waals surface area contributed by atoms with Gasteiger partial charge < -0.3 is 4.98 Å². The first-order valence-corrected chi connectivity index (χ1v) is 4.40. The molecule has 0 aliphatic carbocycles. The fourth-order valence-electron chi connectivity index (χ4n) is 1.63. The summed E-state index contributed by atoms with van der Waals surface area (Å²) in [5.74, 6) is 0. The Morgan fingerprint density at radius 3 is 2.33 bits per heavy atom. The molecule has 0 amide bonds. The fraction of sp³-hybridized carbons (Fsp3) is 0.500. The number of nitrogens with one attached hydrogen (secondary N) is 1. The van der Waals surface area contributed by atoms with Gasteiger partial charge >= 0.3 is 0 Å². The maximum Gasteiger partial charge on any atom is 0.166 e. The number of H-pyrrole nitrogens is 1.